The molecule has 0 aliphatic rings. The van der Waals surface area contributed by atoms with Crippen LogP contribution in [0.15, 0.2) is 72.8 Å². The normalized spacial score (nSPS) is 11.8. The van der Waals surface area contributed by atoms with Crippen LogP contribution in [-0.4, -0.2) is 25.8 Å². The highest BCUT2D eigenvalue weighted by Crippen LogP contribution is 2.30. The number of aromatic nitrogens is 1. The third kappa shape index (κ3) is 6.22. The zero-order valence-electron chi connectivity index (χ0n) is 18.8. The van der Waals surface area contributed by atoms with Crippen molar-refractivity contribution < 1.29 is 27.0 Å². The molecule has 0 atom stereocenters. The van der Waals surface area contributed by atoms with Crippen molar-refractivity contribution in [3.63, 3.8) is 0 Å². The molecule has 0 unspecified atom stereocenters. The number of hydrogen-bond donors (Lipinski definition) is 1. The molecule has 0 bridgehead atoms. The summed E-state index contributed by atoms with van der Waals surface area (Å²) < 4.78 is 46.1. The molecule has 4 aromatic rings. The SMILES string of the molecule is COc1ccc(C=Cc2sc3ccccc3[n+]2CCCS(=O)(=O)O)cc1OCc1ccccc1. The van der Waals surface area contributed by atoms with Crippen LogP contribution in [0.3, 0.4) is 0 Å². The van der Waals surface area contributed by atoms with Gasteiger partial charge in [-0.25, -0.2) is 0 Å². The fourth-order valence-electron chi connectivity index (χ4n) is 3.63. The van der Waals surface area contributed by atoms with E-state index in [0.29, 0.717) is 31.1 Å². The monoisotopic (exact) mass is 496 g/mol. The van der Waals surface area contributed by atoms with Gasteiger partial charge in [0.2, 0.25) is 5.52 Å². The van der Waals surface area contributed by atoms with Crippen LogP contribution in [0.2, 0.25) is 0 Å². The fraction of sp³-hybridized carbons (Fsp3) is 0.192. The van der Waals surface area contributed by atoms with Gasteiger partial charge in [0, 0.05) is 18.6 Å². The molecule has 3 aromatic carbocycles. The first-order valence-corrected chi connectivity index (χ1v) is 13.2. The Morgan fingerprint density at radius 3 is 2.50 bits per heavy atom. The lowest BCUT2D eigenvalue weighted by atomic mass is 10.2. The van der Waals surface area contributed by atoms with E-state index in [2.05, 4.69) is 4.57 Å². The van der Waals surface area contributed by atoms with E-state index in [4.69, 9.17) is 14.0 Å². The van der Waals surface area contributed by atoms with Gasteiger partial charge in [-0.15, -0.1) is 0 Å². The van der Waals surface area contributed by atoms with Crippen molar-refractivity contribution in [2.24, 2.45) is 0 Å². The number of nitrogens with zero attached hydrogens (tertiary/aromatic N) is 1. The van der Waals surface area contributed by atoms with E-state index in [1.807, 2.05) is 84.9 Å². The highest BCUT2D eigenvalue weighted by Gasteiger charge is 2.19. The van der Waals surface area contributed by atoms with Crippen LogP contribution in [0.1, 0.15) is 22.6 Å². The van der Waals surface area contributed by atoms with E-state index >= 15 is 0 Å². The number of rotatable bonds is 10. The van der Waals surface area contributed by atoms with Gasteiger partial charge < -0.3 is 9.47 Å². The Hall–Kier alpha value is -3.20. The maximum atomic E-state index is 11.2. The van der Waals surface area contributed by atoms with Gasteiger partial charge in [-0.3, -0.25) is 4.55 Å². The summed E-state index contributed by atoms with van der Waals surface area (Å²) in [5, 5.41) is 0.985. The Balaban J connectivity index is 1.57. The van der Waals surface area contributed by atoms with E-state index in [1.165, 1.54) is 0 Å². The average molecular weight is 497 g/mol. The number of para-hydroxylation sites is 1. The Bertz CT molecular complexity index is 1400. The van der Waals surface area contributed by atoms with Gasteiger partial charge in [-0.2, -0.15) is 13.0 Å². The van der Waals surface area contributed by atoms with Crippen molar-refractivity contribution in [1.29, 1.82) is 0 Å². The summed E-state index contributed by atoms with van der Waals surface area (Å²) in [5.41, 5.74) is 3.05. The number of thiazole rings is 1. The highest BCUT2D eigenvalue weighted by atomic mass is 32.2. The van der Waals surface area contributed by atoms with Crippen LogP contribution in [0.25, 0.3) is 22.4 Å². The van der Waals surface area contributed by atoms with Crippen LogP contribution in [0, 0.1) is 0 Å². The van der Waals surface area contributed by atoms with Gasteiger partial charge in [0.15, 0.2) is 18.0 Å². The molecule has 0 aliphatic heterocycles. The standard InChI is InChI=1S/C26H25NO5S2/c1-31-23-14-12-20(18-24(23)32-19-21-8-3-2-4-9-21)13-15-26-27(16-7-17-34(28,29)30)22-10-5-6-11-25(22)33-26/h2-6,8-15,18H,7,16-17,19H2,1H3/p+1. The van der Waals surface area contributed by atoms with Crippen molar-refractivity contribution in [3.05, 3.63) is 88.9 Å². The second-order valence-electron chi connectivity index (χ2n) is 7.72. The lowest BCUT2D eigenvalue weighted by Crippen LogP contribution is -2.35. The molecule has 0 spiro atoms. The van der Waals surface area contributed by atoms with Crippen molar-refractivity contribution in [3.8, 4) is 11.5 Å². The molecule has 0 fully saturated rings. The van der Waals surface area contributed by atoms with Gasteiger partial charge in [0.1, 0.15) is 11.3 Å². The molecule has 4 rings (SSSR count). The number of benzene rings is 3. The van der Waals surface area contributed by atoms with E-state index in [-0.39, 0.29) is 5.75 Å². The summed E-state index contributed by atoms with van der Waals surface area (Å²) in [5.74, 6) is 1.05. The van der Waals surface area contributed by atoms with E-state index in [0.717, 1.165) is 26.4 Å². The molecule has 1 heterocycles. The number of methoxy groups -OCH3 is 1. The topological polar surface area (TPSA) is 76.7 Å². The van der Waals surface area contributed by atoms with Gasteiger partial charge in [0.05, 0.1) is 12.9 Å². The van der Waals surface area contributed by atoms with Crippen LogP contribution in [0.4, 0.5) is 0 Å². The molecule has 0 amide bonds. The molecule has 0 aliphatic carbocycles. The molecule has 0 saturated heterocycles. The molecule has 176 valence electrons. The Morgan fingerprint density at radius 2 is 1.74 bits per heavy atom. The number of fused-ring (bicyclic) bond motifs is 1. The van der Waals surface area contributed by atoms with Crippen molar-refractivity contribution in [2.75, 3.05) is 12.9 Å². The van der Waals surface area contributed by atoms with Gasteiger partial charge in [-0.1, -0.05) is 59.9 Å². The average Bonchev–Trinajstić information content (AvgIpc) is 3.19. The molecule has 1 N–H and O–H groups in total. The first kappa shape index (κ1) is 23.9. The van der Waals surface area contributed by atoms with Crippen LogP contribution in [-0.2, 0) is 23.3 Å². The molecule has 6 nitrogen and oxygen atoms in total. The largest absolute Gasteiger partial charge is 0.493 e. The fourth-order valence-corrected chi connectivity index (χ4v) is 5.21. The summed E-state index contributed by atoms with van der Waals surface area (Å²) >= 11 is 1.63. The number of hydrogen-bond acceptors (Lipinski definition) is 5. The number of aryl methyl sites for hydroxylation is 1. The van der Waals surface area contributed by atoms with Crippen molar-refractivity contribution in [2.45, 2.75) is 19.6 Å². The van der Waals surface area contributed by atoms with Gasteiger partial charge >= 0.3 is 0 Å². The molecular formula is C26H26NO5S2+. The zero-order valence-corrected chi connectivity index (χ0v) is 20.4. The Kier molecular flexibility index (Phi) is 7.62. The van der Waals surface area contributed by atoms with Gasteiger partial charge in [0.25, 0.3) is 15.1 Å². The van der Waals surface area contributed by atoms with Gasteiger partial charge in [-0.05, 0) is 35.4 Å². The lowest BCUT2D eigenvalue weighted by Gasteiger charge is -2.11. The first-order valence-electron chi connectivity index (χ1n) is 10.8. The van der Waals surface area contributed by atoms with Crippen molar-refractivity contribution in [1.82, 2.24) is 0 Å². The van der Waals surface area contributed by atoms with E-state index < -0.39 is 10.1 Å². The molecular weight excluding hydrogens is 470 g/mol. The summed E-state index contributed by atoms with van der Waals surface area (Å²) in [6.07, 6.45) is 4.34. The predicted molar refractivity (Wildman–Crippen MR) is 136 cm³/mol. The molecule has 0 saturated carbocycles. The maximum absolute atomic E-state index is 11.2. The Labute approximate surface area is 203 Å². The quantitative estimate of drug-likeness (QED) is 0.240. The smallest absolute Gasteiger partial charge is 0.265 e. The maximum Gasteiger partial charge on any atom is 0.265 e. The molecule has 34 heavy (non-hydrogen) atoms. The summed E-state index contributed by atoms with van der Waals surface area (Å²) in [6, 6.07) is 23.7. The summed E-state index contributed by atoms with van der Waals surface area (Å²) in [6.45, 7) is 0.923. The molecule has 1 aromatic heterocycles. The Morgan fingerprint density at radius 1 is 0.971 bits per heavy atom. The summed E-state index contributed by atoms with van der Waals surface area (Å²) in [4.78, 5) is 0. The third-order valence-electron chi connectivity index (χ3n) is 5.26. The third-order valence-corrected chi connectivity index (χ3v) is 7.20. The van der Waals surface area contributed by atoms with E-state index in [1.54, 1.807) is 18.4 Å². The van der Waals surface area contributed by atoms with E-state index in [9.17, 15) is 8.42 Å². The molecule has 0 radical (unpaired) electrons. The lowest BCUT2D eigenvalue weighted by molar-refractivity contribution is -0.668. The predicted octanol–water partition coefficient (Wildman–Crippen LogP) is 5.22. The minimum absolute atomic E-state index is 0.270. The minimum atomic E-state index is -3.99. The minimum Gasteiger partial charge on any atom is -0.493 e. The van der Waals surface area contributed by atoms with Crippen LogP contribution >= 0.6 is 11.3 Å². The van der Waals surface area contributed by atoms with Crippen LogP contribution in [0.5, 0.6) is 11.5 Å². The van der Waals surface area contributed by atoms with Crippen LogP contribution < -0.4 is 14.0 Å². The number of ether oxygens (including phenoxy) is 2. The second kappa shape index (κ2) is 10.8. The second-order valence-corrected chi connectivity index (χ2v) is 10.4. The zero-order chi connectivity index (χ0) is 24.0. The van der Waals surface area contributed by atoms with Crippen molar-refractivity contribution >= 4 is 43.8 Å². The molecule has 8 heteroatoms. The summed E-state index contributed by atoms with van der Waals surface area (Å²) in [7, 11) is -2.37. The first-order chi connectivity index (χ1) is 16.4. The highest BCUT2D eigenvalue weighted by molar-refractivity contribution is 7.85.